The number of aryl methyl sites for hydroxylation is 1. The molecule has 1 aromatic heterocycles. The minimum Gasteiger partial charge on any atom is -0.317 e. The summed E-state index contributed by atoms with van der Waals surface area (Å²) in [5.74, 6) is 0.109. The first-order chi connectivity index (χ1) is 12.0. The average Bonchev–Trinajstić information content (AvgIpc) is 2.93. The molecule has 0 radical (unpaired) electrons. The van der Waals surface area contributed by atoms with E-state index in [1.165, 1.54) is 32.9 Å². The van der Waals surface area contributed by atoms with E-state index in [2.05, 4.69) is 49.6 Å². The molecule has 0 saturated heterocycles. The summed E-state index contributed by atoms with van der Waals surface area (Å²) >= 11 is 1.53. The summed E-state index contributed by atoms with van der Waals surface area (Å²) in [6.45, 7) is 7.94. The lowest BCUT2D eigenvalue weighted by Gasteiger charge is -2.16. The van der Waals surface area contributed by atoms with Crippen LogP contribution in [0, 0.1) is 25.2 Å². The largest absolute Gasteiger partial charge is 0.317 e. The molecule has 1 atom stereocenters. The minimum atomic E-state index is -0.0311. The van der Waals surface area contributed by atoms with Crippen LogP contribution in [0.5, 0.6) is 0 Å². The van der Waals surface area contributed by atoms with Gasteiger partial charge in [-0.2, -0.15) is 5.26 Å². The van der Waals surface area contributed by atoms with E-state index in [1.54, 1.807) is 0 Å². The average molecular weight is 353 g/mol. The lowest BCUT2D eigenvalue weighted by molar-refractivity contribution is -0.116. The molecule has 2 aromatic rings. The number of nitriles is 1. The van der Waals surface area contributed by atoms with E-state index in [0.29, 0.717) is 17.0 Å². The zero-order valence-electron chi connectivity index (χ0n) is 14.9. The van der Waals surface area contributed by atoms with Crippen molar-refractivity contribution in [2.45, 2.75) is 46.1 Å². The van der Waals surface area contributed by atoms with Crippen LogP contribution in [-0.4, -0.2) is 12.5 Å². The first kappa shape index (κ1) is 17.7. The van der Waals surface area contributed by atoms with Gasteiger partial charge in [0.15, 0.2) is 0 Å². The maximum Gasteiger partial charge on any atom is 0.225 e. The lowest BCUT2D eigenvalue weighted by Crippen LogP contribution is -2.22. The minimum absolute atomic E-state index is 0.0311. The smallest absolute Gasteiger partial charge is 0.225 e. The fourth-order valence-electron chi connectivity index (χ4n) is 3.41. The molecule has 2 heterocycles. The Bertz CT molecular complexity index is 847. The number of hydrogen-bond donors (Lipinski definition) is 2. The number of nitrogens with one attached hydrogen (secondary N) is 2. The summed E-state index contributed by atoms with van der Waals surface area (Å²) in [7, 11) is 0. The highest BCUT2D eigenvalue weighted by molar-refractivity contribution is 7.16. The number of thiophene rings is 1. The van der Waals surface area contributed by atoms with E-state index < -0.39 is 0 Å². The molecule has 2 N–H and O–H groups in total. The molecule has 4 nitrogen and oxygen atoms in total. The maximum absolute atomic E-state index is 12.5. The summed E-state index contributed by atoms with van der Waals surface area (Å²) in [6, 6.07) is 8.51. The molecule has 1 aromatic carbocycles. The van der Waals surface area contributed by atoms with E-state index >= 15 is 0 Å². The zero-order chi connectivity index (χ0) is 18.0. The van der Waals surface area contributed by atoms with Gasteiger partial charge in [0.05, 0.1) is 5.56 Å². The third-order valence-corrected chi connectivity index (χ3v) is 6.11. The highest BCUT2D eigenvalue weighted by Gasteiger charge is 2.22. The van der Waals surface area contributed by atoms with Gasteiger partial charge in [-0.15, -0.1) is 11.3 Å². The van der Waals surface area contributed by atoms with Gasteiger partial charge in [-0.05, 0) is 55.0 Å². The van der Waals surface area contributed by atoms with Gasteiger partial charge in [0.2, 0.25) is 5.91 Å². The van der Waals surface area contributed by atoms with Gasteiger partial charge in [0.25, 0.3) is 0 Å². The Labute approximate surface area is 152 Å². The normalized spacial score (nSPS) is 14.5. The number of carbonyl (C=O) groups is 1. The predicted octanol–water partition coefficient (Wildman–Crippen LogP) is 4.01. The van der Waals surface area contributed by atoms with Crippen molar-refractivity contribution in [2.75, 3.05) is 11.9 Å². The molecule has 25 heavy (non-hydrogen) atoms. The quantitative estimate of drug-likeness (QED) is 0.873. The number of benzene rings is 1. The second-order valence-electron chi connectivity index (χ2n) is 6.69. The van der Waals surface area contributed by atoms with E-state index in [-0.39, 0.29) is 11.8 Å². The second-order valence-corrected chi connectivity index (χ2v) is 7.79. The van der Waals surface area contributed by atoms with Crippen molar-refractivity contribution in [3.8, 4) is 6.07 Å². The van der Waals surface area contributed by atoms with Crippen LogP contribution in [0.1, 0.15) is 52.0 Å². The standard InChI is InChI=1S/C20H23N3OS/c1-12-5-4-6-15(14(12)3)13(2)9-19(24)23-20-17(10-21)16-7-8-22-11-18(16)25-20/h4-6,13,22H,7-9,11H2,1-3H3,(H,23,24)/t13-/m0/s1. The van der Waals surface area contributed by atoms with Gasteiger partial charge < -0.3 is 10.6 Å². The Morgan fingerprint density at radius 1 is 1.44 bits per heavy atom. The Balaban J connectivity index is 1.74. The number of carbonyl (C=O) groups excluding carboxylic acids is 1. The number of nitrogens with zero attached hydrogens (tertiary/aromatic N) is 1. The number of rotatable bonds is 4. The van der Waals surface area contributed by atoms with Crippen LogP contribution >= 0.6 is 11.3 Å². The number of fused-ring (bicyclic) bond motifs is 1. The van der Waals surface area contributed by atoms with Crippen LogP contribution < -0.4 is 10.6 Å². The predicted molar refractivity (Wildman–Crippen MR) is 102 cm³/mol. The molecule has 1 aliphatic heterocycles. The Morgan fingerprint density at radius 2 is 2.24 bits per heavy atom. The van der Waals surface area contributed by atoms with Crippen molar-refractivity contribution in [1.29, 1.82) is 5.26 Å². The van der Waals surface area contributed by atoms with E-state index in [1.807, 2.05) is 6.07 Å². The van der Waals surface area contributed by atoms with E-state index in [0.717, 1.165) is 25.1 Å². The van der Waals surface area contributed by atoms with Crippen LogP contribution in [0.4, 0.5) is 5.00 Å². The molecule has 0 fully saturated rings. The Kier molecular flexibility index (Phi) is 5.22. The first-order valence-electron chi connectivity index (χ1n) is 8.62. The lowest BCUT2D eigenvalue weighted by atomic mass is 9.91. The molecule has 0 bridgehead atoms. The molecular weight excluding hydrogens is 330 g/mol. The fourth-order valence-corrected chi connectivity index (χ4v) is 4.60. The van der Waals surface area contributed by atoms with E-state index in [4.69, 9.17) is 0 Å². The van der Waals surface area contributed by atoms with E-state index in [9.17, 15) is 10.1 Å². The first-order valence-corrected chi connectivity index (χ1v) is 9.44. The zero-order valence-corrected chi connectivity index (χ0v) is 15.7. The van der Waals surface area contributed by atoms with Gasteiger partial charge in [0.1, 0.15) is 11.1 Å². The third kappa shape index (κ3) is 3.60. The Hall–Kier alpha value is -2.16. The summed E-state index contributed by atoms with van der Waals surface area (Å²) in [6.07, 6.45) is 1.26. The van der Waals surface area contributed by atoms with Crippen molar-refractivity contribution >= 4 is 22.2 Å². The van der Waals surface area contributed by atoms with Crippen molar-refractivity contribution in [3.05, 3.63) is 50.9 Å². The molecule has 0 aliphatic carbocycles. The van der Waals surface area contributed by atoms with Crippen molar-refractivity contribution in [3.63, 3.8) is 0 Å². The molecule has 3 rings (SSSR count). The van der Waals surface area contributed by atoms with Crippen LogP contribution in [0.25, 0.3) is 0 Å². The summed E-state index contributed by atoms with van der Waals surface area (Å²) in [5, 5.41) is 16.5. The molecule has 1 aliphatic rings. The number of hydrogen-bond acceptors (Lipinski definition) is 4. The van der Waals surface area contributed by atoms with Crippen LogP contribution in [0.2, 0.25) is 0 Å². The molecule has 0 spiro atoms. The second kappa shape index (κ2) is 7.38. The van der Waals surface area contributed by atoms with Crippen LogP contribution in [0.15, 0.2) is 18.2 Å². The summed E-state index contributed by atoms with van der Waals surface area (Å²) < 4.78 is 0. The van der Waals surface area contributed by atoms with Gasteiger partial charge in [0, 0.05) is 17.8 Å². The Morgan fingerprint density at radius 3 is 3.00 bits per heavy atom. The van der Waals surface area contributed by atoms with Crippen molar-refractivity contribution in [1.82, 2.24) is 5.32 Å². The summed E-state index contributed by atoms with van der Waals surface area (Å²) in [5.41, 5.74) is 5.46. The van der Waals surface area contributed by atoms with Crippen LogP contribution in [0.3, 0.4) is 0 Å². The monoisotopic (exact) mass is 353 g/mol. The van der Waals surface area contributed by atoms with Gasteiger partial charge in [-0.1, -0.05) is 25.1 Å². The molecular formula is C20H23N3OS. The van der Waals surface area contributed by atoms with Gasteiger partial charge >= 0.3 is 0 Å². The topological polar surface area (TPSA) is 64.9 Å². The molecule has 5 heteroatoms. The van der Waals surface area contributed by atoms with Gasteiger partial charge in [-0.3, -0.25) is 4.79 Å². The van der Waals surface area contributed by atoms with Gasteiger partial charge in [-0.25, -0.2) is 0 Å². The summed E-state index contributed by atoms with van der Waals surface area (Å²) in [4.78, 5) is 13.7. The highest BCUT2D eigenvalue weighted by Crippen LogP contribution is 2.35. The number of anilines is 1. The fraction of sp³-hybridized carbons (Fsp3) is 0.400. The molecule has 130 valence electrons. The molecule has 1 amide bonds. The molecule has 0 saturated carbocycles. The van der Waals surface area contributed by atoms with Crippen LogP contribution in [-0.2, 0) is 17.8 Å². The SMILES string of the molecule is Cc1cccc([C@@H](C)CC(=O)Nc2sc3c(c2C#N)CCNC3)c1C. The maximum atomic E-state index is 12.5. The third-order valence-electron chi connectivity index (χ3n) is 4.96. The van der Waals surface area contributed by atoms with Crippen molar-refractivity contribution in [2.24, 2.45) is 0 Å². The molecule has 0 unspecified atom stereocenters. The number of amides is 1. The van der Waals surface area contributed by atoms with Crippen molar-refractivity contribution < 1.29 is 4.79 Å². The highest BCUT2D eigenvalue weighted by atomic mass is 32.1.